The van der Waals surface area contributed by atoms with Crippen molar-refractivity contribution < 1.29 is 4.42 Å². The fraction of sp³-hybridized carbons (Fsp3) is 0.226. The van der Waals surface area contributed by atoms with E-state index in [-0.39, 0.29) is 6.71 Å². The van der Waals surface area contributed by atoms with Crippen LogP contribution in [0.5, 0.6) is 0 Å². The highest BCUT2D eigenvalue weighted by Crippen LogP contribution is 2.22. The van der Waals surface area contributed by atoms with Crippen LogP contribution in [0.2, 0.25) is 0 Å². The summed E-state index contributed by atoms with van der Waals surface area (Å²) in [6, 6.07) is 17.4. The summed E-state index contributed by atoms with van der Waals surface area (Å²) in [7, 11) is 0. The Morgan fingerprint density at radius 1 is 0.757 bits per heavy atom. The van der Waals surface area contributed by atoms with Gasteiger partial charge in [0.25, 0.3) is 0 Å². The van der Waals surface area contributed by atoms with Crippen LogP contribution in [0.25, 0.3) is 17.0 Å². The lowest BCUT2D eigenvalue weighted by molar-refractivity contribution is 0.609. The van der Waals surface area contributed by atoms with Crippen molar-refractivity contribution in [3.05, 3.63) is 101 Å². The number of thioether (sulfide) groups is 1. The zero-order valence-corrected chi connectivity index (χ0v) is 23.4. The Balaban J connectivity index is 1.60. The number of aromatic nitrogens is 3. The Kier molecular flexibility index (Phi) is 6.87. The lowest BCUT2D eigenvalue weighted by Crippen LogP contribution is -2.56. The van der Waals surface area contributed by atoms with Gasteiger partial charge in [-0.25, -0.2) is 9.67 Å². The molecule has 0 N–H and O–H groups in total. The van der Waals surface area contributed by atoms with Crippen molar-refractivity contribution in [2.45, 2.75) is 46.4 Å². The minimum absolute atomic E-state index is 0.0934. The molecule has 186 valence electrons. The Morgan fingerprint density at radius 2 is 1.30 bits per heavy atom. The van der Waals surface area contributed by atoms with E-state index in [1.165, 1.54) is 49.2 Å². The van der Waals surface area contributed by atoms with Gasteiger partial charge in [-0.2, -0.15) is 5.10 Å². The second-order valence-electron chi connectivity index (χ2n) is 9.99. The Labute approximate surface area is 224 Å². The Hall–Kier alpha value is -3.51. The van der Waals surface area contributed by atoms with Gasteiger partial charge in [0.05, 0.1) is 23.6 Å². The van der Waals surface area contributed by atoms with E-state index in [0.717, 1.165) is 17.0 Å². The van der Waals surface area contributed by atoms with Crippen LogP contribution in [0.1, 0.15) is 33.4 Å². The highest BCUT2D eigenvalue weighted by Gasteiger charge is 2.33. The normalized spacial score (nSPS) is 11.2. The molecule has 2 aromatic heterocycles. The smallest absolute Gasteiger partial charge is 0.314 e. The second-order valence-corrected chi connectivity index (χ2v) is 10.9. The SMILES string of the molecule is CSc1ccc(-n2cc(-c3cnc(B(c4c(C)cc(C)cc4C)c4c(C)cc(C)cc4C)o3)cn2)cc1. The van der Waals surface area contributed by atoms with Crippen molar-refractivity contribution in [3.8, 4) is 17.0 Å². The second kappa shape index (κ2) is 10.1. The fourth-order valence-electron chi connectivity index (χ4n) is 5.57. The topological polar surface area (TPSA) is 43.9 Å². The first-order valence-corrected chi connectivity index (χ1v) is 13.8. The number of hydrogen-bond acceptors (Lipinski definition) is 4. The molecule has 0 atom stereocenters. The highest BCUT2D eigenvalue weighted by molar-refractivity contribution is 7.98. The van der Waals surface area contributed by atoms with Crippen LogP contribution in [-0.4, -0.2) is 27.7 Å². The number of oxazole rings is 1. The van der Waals surface area contributed by atoms with E-state index in [1.54, 1.807) is 11.8 Å². The molecule has 0 unspecified atom stereocenters. The molecule has 0 aliphatic rings. The largest absolute Gasteiger partial charge is 0.450 e. The first kappa shape index (κ1) is 25.2. The third-order valence-electron chi connectivity index (χ3n) is 7.03. The van der Waals surface area contributed by atoms with Gasteiger partial charge >= 0.3 is 6.71 Å². The van der Waals surface area contributed by atoms with E-state index in [0.29, 0.717) is 5.79 Å². The van der Waals surface area contributed by atoms with Gasteiger partial charge in [0.1, 0.15) is 0 Å². The summed E-state index contributed by atoms with van der Waals surface area (Å²) >= 11 is 1.73. The molecule has 0 spiro atoms. The maximum atomic E-state index is 6.54. The number of benzene rings is 3. The van der Waals surface area contributed by atoms with Gasteiger partial charge in [0.2, 0.25) is 0 Å². The molecule has 0 aliphatic heterocycles. The van der Waals surface area contributed by atoms with Crippen molar-refractivity contribution in [3.63, 3.8) is 0 Å². The molecule has 4 nitrogen and oxygen atoms in total. The highest BCUT2D eigenvalue weighted by atomic mass is 32.2. The maximum absolute atomic E-state index is 6.54. The van der Waals surface area contributed by atoms with Crippen molar-refractivity contribution in [1.82, 2.24) is 14.8 Å². The lowest BCUT2D eigenvalue weighted by atomic mass is 9.37. The van der Waals surface area contributed by atoms with E-state index in [4.69, 9.17) is 9.40 Å². The lowest BCUT2D eigenvalue weighted by Gasteiger charge is -2.21. The molecular formula is C31H32BN3OS. The van der Waals surface area contributed by atoms with E-state index >= 15 is 0 Å². The molecule has 5 aromatic rings. The van der Waals surface area contributed by atoms with Gasteiger partial charge in [0, 0.05) is 11.1 Å². The van der Waals surface area contributed by atoms with Gasteiger partial charge in [0.15, 0.2) is 11.6 Å². The van der Waals surface area contributed by atoms with Crippen LogP contribution in [0.4, 0.5) is 0 Å². The third kappa shape index (κ3) is 4.90. The maximum Gasteiger partial charge on any atom is 0.314 e. The third-order valence-corrected chi connectivity index (χ3v) is 7.77. The molecule has 0 bridgehead atoms. The molecule has 0 aliphatic carbocycles. The number of rotatable bonds is 6. The van der Waals surface area contributed by atoms with Gasteiger partial charge < -0.3 is 4.42 Å². The van der Waals surface area contributed by atoms with Crippen molar-refractivity contribution in [1.29, 1.82) is 0 Å². The van der Waals surface area contributed by atoms with Gasteiger partial charge in [-0.3, -0.25) is 0 Å². The minimum atomic E-state index is -0.0934. The number of aryl methyl sites for hydroxylation is 6. The minimum Gasteiger partial charge on any atom is -0.450 e. The van der Waals surface area contributed by atoms with Crippen LogP contribution >= 0.6 is 11.8 Å². The summed E-state index contributed by atoms with van der Waals surface area (Å²) in [5.41, 5.74) is 12.0. The van der Waals surface area contributed by atoms with E-state index in [2.05, 4.69) is 101 Å². The average molecular weight is 505 g/mol. The summed E-state index contributed by atoms with van der Waals surface area (Å²) in [6.45, 7) is 13.0. The van der Waals surface area contributed by atoms with Gasteiger partial charge in [-0.1, -0.05) is 68.6 Å². The molecule has 0 radical (unpaired) electrons. The summed E-state index contributed by atoms with van der Waals surface area (Å²) in [5.74, 6) is 1.42. The number of hydrogen-bond donors (Lipinski definition) is 0. The fourth-order valence-corrected chi connectivity index (χ4v) is 5.97. The van der Waals surface area contributed by atoms with Gasteiger partial charge in [-0.05, 0) is 72.1 Å². The van der Waals surface area contributed by atoms with Crippen molar-refractivity contribution in [2.24, 2.45) is 0 Å². The molecular weight excluding hydrogens is 473 g/mol. The molecule has 5 rings (SSSR count). The monoisotopic (exact) mass is 505 g/mol. The molecule has 0 amide bonds. The molecule has 37 heavy (non-hydrogen) atoms. The zero-order chi connectivity index (χ0) is 26.3. The van der Waals surface area contributed by atoms with Crippen LogP contribution in [0.3, 0.4) is 0 Å². The first-order chi connectivity index (χ1) is 17.7. The molecule has 3 aromatic carbocycles. The van der Waals surface area contributed by atoms with Crippen LogP contribution in [-0.2, 0) is 0 Å². The van der Waals surface area contributed by atoms with E-state index in [9.17, 15) is 0 Å². The van der Waals surface area contributed by atoms with E-state index in [1.807, 2.05) is 23.3 Å². The summed E-state index contributed by atoms with van der Waals surface area (Å²) in [4.78, 5) is 6.08. The quantitative estimate of drug-likeness (QED) is 0.222. The average Bonchev–Trinajstić information content (AvgIpc) is 3.52. The van der Waals surface area contributed by atoms with Crippen LogP contribution in [0.15, 0.2) is 76.4 Å². The van der Waals surface area contributed by atoms with Crippen molar-refractivity contribution in [2.75, 3.05) is 6.26 Å². The molecule has 0 saturated carbocycles. The standard InChI is InChI=1S/C31H32BN3OS/c1-19-12-21(3)29(22(4)13-19)32(30-23(5)14-20(2)15-24(30)6)31-33-17-28(36-31)25-16-34-35(18-25)26-8-10-27(37-7)11-9-26/h8-18H,1-7H3. The Morgan fingerprint density at radius 3 is 1.81 bits per heavy atom. The molecule has 0 saturated heterocycles. The summed E-state index contributed by atoms with van der Waals surface area (Å²) in [6.07, 6.45) is 7.75. The summed E-state index contributed by atoms with van der Waals surface area (Å²) < 4.78 is 8.42. The van der Waals surface area contributed by atoms with Crippen LogP contribution in [0, 0.1) is 41.5 Å². The molecule has 2 heterocycles. The summed E-state index contributed by atoms with van der Waals surface area (Å²) in [5, 5.41) is 4.59. The van der Waals surface area contributed by atoms with Gasteiger partial charge in [-0.15, -0.1) is 11.8 Å². The predicted octanol–water partition coefficient (Wildman–Crippen LogP) is 5.62. The Bertz CT molecular complexity index is 1480. The number of nitrogens with zero attached hydrogens (tertiary/aromatic N) is 3. The predicted molar refractivity (Wildman–Crippen MR) is 157 cm³/mol. The molecule has 6 heteroatoms. The van der Waals surface area contributed by atoms with Crippen molar-refractivity contribution >= 4 is 35.2 Å². The van der Waals surface area contributed by atoms with Crippen LogP contribution < -0.4 is 16.7 Å². The zero-order valence-electron chi connectivity index (χ0n) is 22.6. The van der Waals surface area contributed by atoms with E-state index < -0.39 is 0 Å². The first-order valence-electron chi connectivity index (χ1n) is 12.6. The molecule has 0 fully saturated rings.